The van der Waals surface area contributed by atoms with E-state index in [9.17, 15) is 14.4 Å². The Hall–Kier alpha value is -2.86. The summed E-state index contributed by atoms with van der Waals surface area (Å²) in [7, 11) is 1.60. The number of carbonyl (C=O) groups is 3. The number of benzene rings is 2. The third kappa shape index (κ3) is 4.17. The predicted octanol–water partition coefficient (Wildman–Crippen LogP) is 3.47. The van der Waals surface area contributed by atoms with Crippen molar-refractivity contribution in [3.05, 3.63) is 64.7 Å². The summed E-state index contributed by atoms with van der Waals surface area (Å²) in [6.07, 6.45) is 1.03. The number of Topliss-reactive ketones (excluding diaryl/α,β-unsaturated/α-hetero) is 1. The summed E-state index contributed by atoms with van der Waals surface area (Å²) in [5.74, 6) is 0.0417. The molecule has 146 valence electrons. The molecule has 0 aromatic heterocycles. The van der Waals surface area contributed by atoms with Crippen LogP contribution >= 0.6 is 11.6 Å². The van der Waals surface area contributed by atoms with Crippen LogP contribution in [0.1, 0.15) is 29.3 Å². The van der Waals surface area contributed by atoms with Gasteiger partial charge in [-0.25, -0.2) is 4.79 Å². The highest BCUT2D eigenvalue weighted by molar-refractivity contribution is 6.30. The molecule has 6 nitrogen and oxygen atoms in total. The van der Waals surface area contributed by atoms with Gasteiger partial charge in [0.1, 0.15) is 11.3 Å². The number of hydrogen-bond acceptors (Lipinski definition) is 4. The Morgan fingerprint density at radius 1 is 1.11 bits per heavy atom. The van der Waals surface area contributed by atoms with E-state index in [-0.39, 0.29) is 12.3 Å². The van der Waals surface area contributed by atoms with E-state index in [1.807, 2.05) is 24.3 Å². The number of carbonyl (C=O) groups excluding carboxylic acids is 3. The van der Waals surface area contributed by atoms with Crippen LogP contribution in [-0.4, -0.2) is 41.8 Å². The first kappa shape index (κ1) is 19.9. The minimum atomic E-state index is -1.04. The largest absolute Gasteiger partial charge is 0.497 e. The highest BCUT2D eigenvalue weighted by Gasteiger charge is 2.47. The fourth-order valence-electron chi connectivity index (χ4n) is 3.12. The molecule has 28 heavy (non-hydrogen) atoms. The Morgan fingerprint density at radius 3 is 2.36 bits per heavy atom. The molecule has 1 atom stereocenters. The number of hydrogen-bond donors (Lipinski definition) is 1. The lowest BCUT2D eigenvalue weighted by atomic mass is 9.93. The lowest BCUT2D eigenvalue weighted by molar-refractivity contribution is -0.130. The number of rotatable bonds is 7. The quantitative estimate of drug-likeness (QED) is 0.570. The summed E-state index contributed by atoms with van der Waals surface area (Å²) in [5, 5.41) is 3.24. The monoisotopic (exact) mass is 400 g/mol. The summed E-state index contributed by atoms with van der Waals surface area (Å²) in [6.45, 7) is 1.38. The van der Waals surface area contributed by atoms with Gasteiger partial charge in [-0.15, -0.1) is 0 Å². The van der Waals surface area contributed by atoms with E-state index in [2.05, 4.69) is 5.32 Å². The first-order valence-corrected chi connectivity index (χ1v) is 9.26. The van der Waals surface area contributed by atoms with Crippen molar-refractivity contribution >= 4 is 29.3 Å². The first-order valence-electron chi connectivity index (χ1n) is 8.88. The molecule has 2 aromatic rings. The van der Waals surface area contributed by atoms with Crippen LogP contribution in [0.25, 0.3) is 0 Å². The molecule has 1 aliphatic heterocycles. The third-order valence-corrected chi connectivity index (χ3v) is 5.14. The summed E-state index contributed by atoms with van der Waals surface area (Å²) in [6, 6.07) is 13.3. The summed E-state index contributed by atoms with van der Waals surface area (Å²) >= 11 is 5.83. The molecule has 0 radical (unpaired) electrons. The molecule has 2 aromatic carbocycles. The molecular weight excluding hydrogens is 380 g/mol. The van der Waals surface area contributed by atoms with Gasteiger partial charge in [0.25, 0.3) is 5.91 Å². The van der Waals surface area contributed by atoms with E-state index in [0.29, 0.717) is 23.4 Å². The van der Waals surface area contributed by atoms with Crippen LogP contribution in [0.15, 0.2) is 48.5 Å². The number of nitrogens with one attached hydrogen (secondary N) is 1. The Kier molecular flexibility index (Phi) is 5.70. The first-order chi connectivity index (χ1) is 13.3. The highest BCUT2D eigenvalue weighted by Crippen LogP contribution is 2.24. The maximum absolute atomic E-state index is 12.8. The Balaban J connectivity index is 1.65. The van der Waals surface area contributed by atoms with Crippen LogP contribution in [0.4, 0.5) is 4.79 Å². The zero-order chi connectivity index (χ0) is 20.3. The van der Waals surface area contributed by atoms with Crippen molar-refractivity contribution in [2.45, 2.75) is 25.3 Å². The number of halogens is 1. The average molecular weight is 401 g/mol. The van der Waals surface area contributed by atoms with Gasteiger partial charge in [-0.3, -0.25) is 14.5 Å². The summed E-state index contributed by atoms with van der Waals surface area (Å²) in [5.41, 5.74) is 0.383. The topological polar surface area (TPSA) is 75.7 Å². The maximum atomic E-state index is 12.8. The van der Waals surface area contributed by atoms with Crippen molar-refractivity contribution in [3.8, 4) is 5.75 Å². The van der Waals surface area contributed by atoms with Crippen LogP contribution in [-0.2, 0) is 11.2 Å². The van der Waals surface area contributed by atoms with Crippen LogP contribution in [0, 0.1) is 0 Å². The van der Waals surface area contributed by atoms with Crippen LogP contribution in [0.2, 0.25) is 5.02 Å². The molecule has 1 aliphatic rings. The van der Waals surface area contributed by atoms with Gasteiger partial charge in [0.05, 0.1) is 13.7 Å². The van der Waals surface area contributed by atoms with Gasteiger partial charge in [0, 0.05) is 10.6 Å². The molecule has 0 spiro atoms. The van der Waals surface area contributed by atoms with E-state index in [0.717, 1.165) is 16.2 Å². The minimum Gasteiger partial charge on any atom is -0.497 e. The zero-order valence-electron chi connectivity index (χ0n) is 15.7. The second-order valence-electron chi connectivity index (χ2n) is 6.93. The van der Waals surface area contributed by atoms with Gasteiger partial charge >= 0.3 is 6.03 Å². The molecule has 1 N–H and O–H groups in total. The molecule has 3 rings (SSSR count). The van der Waals surface area contributed by atoms with Crippen molar-refractivity contribution in [1.29, 1.82) is 0 Å². The number of amides is 3. The molecule has 1 heterocycles. The van der Waals surface area contributed by atoms with Crippen molar-refractivity contribution in [1.82, 2.24) is 10.2 Å². The fourth-order valence-corrected chi connectivity index (χ4v) is 3.24. The molecular formula is C21H21ClN2O4. The minimum absolute atomic E-state index is 0.301. The highest BCUT2D eigenvalue weighted by atomic mass is 35.5. The van der Waals surface area contributed by atoms with E-state index >= 15 is 0 Å². The Labute approximate surface area is 168 Å². The Bertz CT molecular complexity index is 896. The molecule has 0 aliphatic carbocycles. The molecule has 0 unspecified atom stereocenters. The summed E-state index contributed by atoms with van der Waals surface area (Å²) in [4.78, 5) is 38.6. The van der Waals surface area contributed by atoms with Crippen molar-refractivity contribution in [3.63, 3.8) is 0 Å². The van der Waals surface area contributed by atoms with Gasteiger partial charge in [-0.05, 0) is 61.7 Å². The molecule has 1 saturated heterocycles. The lowest BCUT2D eigenvalue weighted by Crippen LogP contribution is -2.44. The van der Waals surface area contributed by atoms with Gasteiger partial charge in [-0.1, -0.05) is 23.7 Å². The second-order valence-corrected chi connectivity index (χ2v) is 7.37. The normalized spacial score (nSPS) is 18.9. The number of aryl methyl sites for hydroxylation is 1. The van der Waals surface area contributed by atoms with E-state index in [1.165, 1.54) is 0 Å². The number of ketones is 1. The number of nitrogens with zero attached hydrogens (tertiary/aromatic N) is 1. The Morgan fingerprint density at radius 2 is 1.75 bits per heavy atom. The molecule has 7 heteroatoms. The van der Waals surface area contributed by atoms with Gasteiger partial charge in [0.15, 0.2) is 5.78 Å². The average Bonchev–Trinajstić information content (AvgIpc) is 2.90. The van der Waals surface area contributed by atoms with E-state index < -0.39 is 17.5 Å². The molecule has 1 fully saturated rings. The second kappa shape index (κ2) is 8.02. The van der Waals surface area contributed by atoms with Gasteiger partial charge < -0.3 is 10.1 Å². The van der Waals surface area contributed by atoms with Crippen LogP contribution < -0.4 is 10.1 Å². The molecule has 0 bridgehead atoms. The summed E-state index contributed by atoms with van der Waals surface area (Å²) < 4.78 is 5.14. The lowest BCUT2D eigenvalue weighted by Gasteiger charge is -2.21. The number of imide groups is 1. The molecule has 0 saturated carbocycles. The van der Waals surface area contributed by atoms with E-state index in [4.69, 9.17) is 16.3 Å². The van der Waals surface area contributed by atoms with Crippen molar-refractivity contribution < 1.29 is 19.1 Å². The third-order valence-electron chi connectivity index (χ3n) is 4.89. The SMILES string of the molecule is COc1ccc(CC[C@]2(C)NC(=O)N(CC(=O)c3ccc(Cl)cc3)C2=O)cc1. The predicted molar refractivity (Wildman–Crippen MR) is 106 cm³/mol. The fraction of sp³-hybridized carbons (Fsp3) is 0.286. The smallest absolute Gasteiger partial charge is 0.325 e. The van der Waals surface area contributed by atoms with Gasteiger partial charge in [-0.2, -0.15) is 0 Å². The standard InChI is InChI=1S/C21H21ClN2O4/c1-21(12-11-14-3-9-17(28-2)10-4-14)19(26)24(20(27)23-21)13-18(25)15-5-7-16(22)8-6-15/h3-10H,11-13H2,1-2H3,(H,23,27)/t21-/m0/s1. The van der Waals surface area contributed by atoms with Crippen molar-refractivity contribution in [2.75, 3.05) is 13.7 Å². The number of urea groups is 1. The number of methoxy groups -OCH3 is 1. The van der Waals surface area contributed by atoms with Crippen LogP contribution in [0.3, 0.4) is 0 Å². The van der Waals surface area contributed by atoms with Crippen molar-refractivity contribution in [2.24, 2.45) is 0 Å². The number of ether oxygens (including phenoxy) is 1. The maximum Gasteiger partial charge on any atom is 0.325 e. The van der Waals surface area contributed by atoms with Gasteiger partial charge in [0.2, 0.25) is 0 Å². The zero-order valence-corrected chi connectivity index (χ0v) is 16.5. The van der Waals surface area contributed by atoms with E-state index in [1.54, 1.807) is 38.3 Å². The molecule has 3 amide bonds. The van der Waals surface area contributed by atoms with Crippen LogP contribution in [0.5, 0.6) is 5.75 Å².